The molecular formula is C18H13N5O2S. The first-order valence-electron chi connectivity index (χ1n) is 7.83. The third-order valence-corrected chi connectivity index (χ3v) is 4.72. The van der Waals surface area contributed by atoms with Gasteiger partial charge in [0, 0.05) is 17.3 Å². The molecule has 26 heavy (non-hydrogen) atoms. The number of para-hydroxylation sites is 1. The first-order chi connectivity index (χ1) is 12.6. The molecule has 0 saturated heterocycles. The van der Waals surface area contributed by atoms with E-state index < -0.39 is 4.92 Å². The molecule has 128 valence electrons. The molecule has 0 radical (unpaired) electrons. The molecule has 4 rings (SSSR count). The van der Waals surface area contributed by atoms with Gasteiger partial charge in [-0.05, 0) is 30.8 Å². The fourth-order valence-electron chi connectivity index (χ4n) is 2.59. The number of aryl methyl sites for hydroxylation is 1. The Morgan fingerprint density at radius 3 is 2.54 bits per heavy atom. The molecule has 7 nitrogen and oxygen atoms in total. The molecule has 0 spiro atoms. The molecule has 8 heteroatoms. The van der Waals surface area contributed by atoms with Crippen LogP contribution in [0, 0.1) is 17.0 Å². The molecule has 0 aliphatic carbocycles. The van der Waals surface area contributed by atoms with Crippen molar-refractivity contribution in [2.24, 2.45) is 0 Å². The number of fused-ring (bicyclic) bond motifs is 1. The Labute approximate surface area is 152 Å². The second-order valence-corrected chi connectivity index (χ2v) is 6.59. The summed E-state index contributed by atoms with van der Waals surface area (Å²) >= 11 is 1.15. The van der Waals surface area contributed by atoms with Gasteiger partial charge in [0.15, 0.2) is 0 Å². The van der Waals surface area contributed by atoms with Gasteiger partial charge >= 0.3 is 0 Å². The highest BCUT2D eigenvalue weighted by Gasteiger charge is 2.17. The number of rotatable bonds is 4. The van der Waals surface area contributed by atoms with Crippen LogP contribution in [0.1, 0.15) is 5.69 Å². The summed E-state index contributed by atoms with van der Waals surface area (Å²) < 4.78 is 1.64. The lowest BCUT2D eigenvalue weighted by molar-refractivity contribution is -0.387. The Balaban J connectivity index is 1.75. The van der Waals surface area contributed by atoms with Gasteiger partial charge in [-0.25, -0.2) is 9.50 Å². The van der Waals surface area contributed by atoms with Gasteiger partial charge in [-0.1, -0.05) is 42.5 Å². The predicted molar refractivity (Wildman–Crippen MR) is 98.2 cm³/mol. The molecule has 0 aliphatic heterocycles. The van der Waals surface area contributed by atoms with Crippen molar-refractivity contribution >= 4 is 23.2 Å². The van der Waals surface area contributed by atoms with Gasteiger partial charge in [-0.2, -0.15) is 4.98 Å². The fourth-order valence-corrected chi connectivity index (χ4v) is 3.43. The monoisotopic (exact) mass is 363 g/mol. The lowest BCUT2D eigenvalue weighted by atomic mass is 10.1. The zero-order chi connectivity index (χ0) is 18.1. The quantitative estimate of drug-likeness (QED) is 0.400. The van der Waals surface area contributed by atoms with Crippen LogP contribution in [0.4, 0.5) is 5.69 Å². The van der Waals surface area contributed by atoms with Gasteiger partial charge in [-0.3, -0.25) is 10.1 Å². The molecule has 0 N–H and O–H groups in total. The van der Waals surface area contributed by atoms with Gasteiger partial charge in [0.1, 0.15) is 0 Å². The molecule has 0 unspecified atom stereocenters. The molecule has 0 saturated carbocycles. The normalized spacial score (nSPS) is 11.0. The van der Waals surface area contributed by atoms with Crippen molar-refractivity contribution in [2.45, 2.75) is 17.0 Å². The number of nitro benzene ring substituents is 1. The van der Waals surface area contributed by atoms with Crippen molar-refractivity contribution in [2.75, 3.05) is 0 Å². The fraction of sp³-hybridized carbons (Fsp3) is 0.0556. The van der Waals surface area contributed by atoms with Crippen LogP contribution in [-0.4, -0.2) is 24.5 Å². The summed E-state index contributed by atoms with van der Waals surface area (Å²) in [7, 11) is 0. The second-order valence-electron chi connectivity index (χ2n) is 5.58. The Morgan fingerprint density at radius 2 is 1.77 bits per heavy atom. The van der Waals surface area contributed by atoms with Crippen molar-refractivity contribution in [3.05, 3.63) is 76.5 Å². The second kappa shape index (κ2) is 6.57. The van der Waals surface area contributed by atoms with Crippen LogP contribution in [0.2, 0.25) is 0 Å². The summed E-state index contributed by atoms with van der Waals surface area (Å²) in [6.07, 6.45) is 0. The van der Waals surface area contributed by atoms with E-state index in [1.807, 2.05) is 43.3 Å². The van der Waals surface area contributed by atoms with E-state index in [4.69, 9.17) is 0 Å². The zero-order valence-corrected chi connectivity index (χ0v) is 14.6. The average molecular weight is 363 g/mol. The van der Waals surface area contributed by atoms with Crippen LogP contribution in [0.3, 0.4) is 0 Å². The predicted octanol–water partition coefficient (Wildman–Crippen LogP) is 4.16. The number of benzene rings is 2. The Hall–Kier alpha value is -3.26. The van der Waals surface area contributed by atoms with Crippen LogP contribution in [0.5, 0.6) is 0 Å². The molecule has 0 amide bonds. The molecule has 0 fully saturated rings. The first-order valence-corrected chi connectivity index (χ1v) is 8.64. The Kier molecular flexibility index (Phi) is 4.10. The van der Waals surface area contributed by atoms with E-state index in [0.717, 1.165) is 28.7 Å². The highest BCUT2D eigenvalue weighted by molar-refractivity contribution is 7.99. The first kappa shape index (κ1) is 16.2. The van der Waals surface area contributed by atoms with Gasteiger partial charge < -0.3 is 0 Å². The Bertz CT molecular complexity index is 1110. The summed E-state index contributed by atoms with van der Waals surface area (Å²) in [5.74, 6) is 0.463. The van der Waals surface area contributed by atoms with E-state index in [1.54, 1.807) is 22.7 Å². The minimum atomic E-state index is -0.408. The van der Waals surface area contributed by atoms with E-state index in [0.29, 0.717) is 15.8 Å². The zero-order valence-electron chi connectivity index (χ0n) is 13.7. The van der Waals surface area contributed by atoms with Crippen LogP contribution in [0.15, 0.2) is 70.7 Å². The van der Waals surface area contributed by atoms with Crippen molar-refractivity contribution in [3.8, 4) is 11.3 Å². The average Bonchev–Trinajstić information content (AvgIpc) is 3.06. The molecule has 0 aliphatic rings. The third kappa shape index (κ3) is 3.02. The van der Waals surface area contributed by atoms with Gasteiger partial charge in [-0.15, -0.1) is 5.10 Å². The smallest absolute Gasteiger partial charge is 0.258 e. The largest absolute Gasteiger partial charge is 0.283 e. The van der Waals surface area contributed by atoms with E-state index in [9.17, 15) is 10.1 Å². The van der Waals surface area contributed by atoms with Crippen LogP contribution in [0.25, 0.3) is 17.0 Å². The number of hydrogen-bond acceptors (Lipinski definition) is 6. The maximum Gasteiger partial charge on any atom is 0.283 e. The minimum absolute atomic E-state index is 0.0333. The van der Waals surface area contributed by atoms with Gasteiger partial charge in [0.2, 0.25) is 5.16 Å². The lowest BCUT2D eigenvalue weighted by Crippen LogP contribution is -1.97. The molecule has 2 heterocycles. The summed E-state index contributed by atoms with van der Waals surface area (Å²) in [5.41, 5.74) is 2.72. The summed E-state index contributed by atoms with van der Waals surface area (Å²) in [4.78, 5) is 20.3. The van der Waals surface area contributed by atoms with Crippen molar-refractivity contribution in [1.29, 1.82) is 0 Å². The van der Waals surface area contributed by atoms with Crippen molar-refractivity contribution < 1.29 is 4.92 Å². The summed E-state index contributed by atoms with van der Waals surface area (Å²) in [6.45, 7) is 1.93. The standard InChI is InChI=1S/C18H13N5O2S/c1-12-11-14(13-7-3-2-4-8-13)19-17-20-18(21-22(12)17)26-16-10-6-5-9-15(16)23(24)25/h2-11H,1H3. The van der Waals surface area contributed by atoms with E-state index in [-0.39, 0.29) is 5.69 Å². The Morgan fingerprint density at radius 1 is 1.04 bits per heavy atom. The van der Waals surface area contributed by atoms with E-state index >= 15 is 0 Å². The number of nitrogens with zero attached hydrogens (tertiary/aromatic N) is 5. The molecule has 2 aromatic carbocycles. The van der Waals surface area contributed by atoms with Crippen LogP contribution >= 0.6 is 11.8 Å². The van der Waals surface area contributed by atoms with Crippen LogP contribution in [-0.2, 0) is 0 Å². The highest BCUT2D eigenvalue weighted by atomic mass is 32.2. The highest BCUT2D eigenvalue weighted by Crippen LogP contribution is 2.33. The number of nitro groups is 1. The van der Waals surface area contributed by atoms with Crippen molar-refractivity contribution in [1.82, 2.24) is 19.6 Å². The molecule has 0 bridgehead atoms. The minimum Gasteiger partial charge on any atom is -0.258 e. The van der Waals surface area contributed by atoms with Crippen LogP contribution < -0.4 is 0 Å². The molecular weight excluding hydrogens is 350 g/mol. The van der Waals surface area contributed by atoms with E-state index in [1.165, 1.54) is 6.07 Å². The van der Waals surface area contributed by atoms with Crippen molar-refractivity contribution in [3.63, 3.8) is 0 Å². The third-order valence-electron chi connectivity index (χ3n) is 3.80. The summed E-state index contributed by atoms with van der Waals surface area (Å²) in [6, 6.07) is 18.3. The number of hydrogen-bond donors (Lipinski definition) is 0. The van der Waals surface area contributed by atoms with E-state index in [2.05, 4.69) is 15.1 Å². The molecule has 4 aromatic rings. The van der Waals surface area contributed by atoms with Gasteiger partial charge in [0.25, 0.3) is 11.5 Å². The topological polar surface area (TPSA) is 86.2 Å². The maximum atomic E-state index is 11.2. The van der Waals surface area contributed by atoms with Gasteiger partial charge in [0.05, 0.1) is 15.5 Å². The number of aromatic nitrogens is 4. The summed E-state index contributed by atoms with van der Waals surface area (Å²) in [5, 5.41) is 16.0. The SMILES string of the molecule is Cc1cc(-c2ccccc2)nc2nc(Sc3ccccc3[N+](=O)[O-])nn12. The molecule has 0 atom stereocenters. The lowest BCUT2D eigenvalue weighted by Gasteiger charge is -2.03. The molecule has 2 aromatic heterocycles. The maximum absolute atomic E-state index is 11.2.